The first-order valence-electron chi connectivity index (χ1n) is 3.63. The Bertz CT molecular complexity index is 207. The average Bonchev–Trinajstić information content (AvgIpc) is 1.81. The zero-order valence-corrected chi connectivity index (χ0v) is 7.70. The molecule has 76 valence electrons. The highest BCUT2D eigenvalue weighted by Gasteiger charge is 2.21. The quantitative estimate of drug-likeness (QED) is 0.530. The average molecular weight is 191 g/mol. The van der Waals surface area contributed by atoms with Gasteiger partial charge in [0.05, 0.1) is 0 Å². The van der Waals surface area contributed by atoms with E-state index < -0.39 is 23.9 Å². The molecule has 0 fully saturated rings. The molecule has 0 aliphatic rings. The molecule has 0 aromatic heterocycles. The summed E-state index contributed by atoms with van der Waals surface area (Å²) in [7, 11) is 0. The van der Waals surface area contributed by atoms with E-state index in [2.05, 4.69) is 4.74 Å². The number of ether oxygens (including phenoxy) is 1. The molecule has 3 N–H and O–H groups in total. The van der Waals surface area contributed by atoms with E-state index in [9.17, 15) is 9.59 Å². The van der Waals surface area contributed by atoms with Crippen molar-refractivity contribution in [2.45, 2.75) is 32.6 Å². The highest BCUT2D eigenvalue weighted by atomic mass is 16.6. The largest absolute Gasteiger partial charge is 0.478 e. The van der Waals surface area contributed by atoms with Crippen molar-refractivity contribution in [2.75, 3.05) is 0 Å². The standard InChI is InChI=1S/C7H13NO5/c1-7(2,3)13-6(12)8-4(9)5(10)11/h4,9H,1-3H3,(H,8,12)(H,10,11). The van der Waals surface area contributed by atoms with Gasteiger partial charge >= 0.3 is 12.1 Å². The fourth-order valence-electron chi connectivity index (χ4n) is 0.481. The Morgan fingerprint density at radius 3 is 2.15 bits per heavy atom. The number of carboxylic acid groups (broad SMARTS) is 1. The number of aliphatic hydroxyl groups is 1. The van der Waals surface area contributed by atoms with Crippen LogP contribution in [0.4, 0.5) is 4.79 Å². The zero-order chi connectivity index (χ0) is 10.6. The van der Waals surface area contributed by atoms with Crippen LogP contribution >= 0.6 is 0 Å². The summed E-state index contributed by atoms with van der Waals surface area (Å²) in [6.07, 6.45) is -2.91. The summed E-state index contributed by atoms with van der Waals surface area (Å²) in [6, 6.07) is 0. The number of carboxylic acids is 1. The van der Waals surface area contributed by atoms with Gasteiger partial charge in [0, 0.05) is 0 Å². The Balaban J connectivity index is 3.96. The van der Waals surface area contributed by atoms with Crippen LogP contribution in [-0.2, 0) is 9.53 Å². The number of aliphatic hydroxyl groups excluding tert-OH is 1. The van der Waals surface area contributed by atoms with Gasteiger partial charge in [0.15, 0.2) is 0 Å². The number of nitrogens with one attached hydrogen (secondary N) is 1. The van der Waals surface area contributed by atoms with E-state index in [4.69, 9.17) is 10.2 Å². The minimum absolute atomic E-state index is 0.720. The number of hydrogen-bond donors (Lipinski definition) is 3. The van der Waals surface area contributed by atoms with Gasteiger partial charge in [0.2, 0.25) is 6.23 Å². The van der Waals surface area contributed by atoms with E-state index in [0.29, 0.717) is 0 Å². The number of carbonyl (C=O) groups excluding carboxylic acids is 1. The second-order valence-corrected chi connectivity index (χ2v) is 3.39. The van der Waals surface area contributed by atoms with Gasteiger partial charge in [0.25, 0.3) is 0 Å². The van der Waals surface area contributed by atoms with Crippen LogP contribution in [-0.4, -0.2) is 34.1 Å². The van der Waals surface area contributed by atoms with Gasteiger partial charge in [-0.3, -0.25) is 5.32 Å². The molecule has 0 bridgehead atoms. The highest BCUT2D eigenvalue weighted by molar-refractivity contribution is 5.78. The minimum atomic E-state index is -1.94. The molecule has 0 aromatic carbocycles. The molecule has 0 heterocycles. The lowest BCUT2D eigenvalue weighted by Crippen LogP contribution is -2.43. The van der Waals surface area contributed by atoms with Gasteiger partial charge in [-0.1, -0.05) is 0 Å². The number of alkyl carbamates (subject to hydrolysis) is 1. The first kappa shape index (κ1) is 11.7. The van der Waals surface area contributed by atoms with Gasteiger partial charge in [-0.2, -0.15) is 0 Å². The maximum Gasteiger partial charge on any atom is 0.410 e. The minimum Gasteiger partial charge on any atom is -0.478 e. The Morgan fingerprint density at radius 2 is 1.85 bits per heavy atom. The number of rotatable bonds is 2. The summed E-state index contributed by atoms with van der Waals surface area (Å²) in [5, 5.41) is 18.6. The van der Waals surface area contributed by atoms with Gasteiger partial charge in [-0.15, -0.1) is 0 Å². The molecule has 0 saturated heterocycles. The second-order valence-electron chi connectivity index (χ2n) is 3.39. The molecule has 0 aliphatic carbocycles. The van der Waals surface area contributed by atoms with E-state index in [1.54, 1.807) is 26.1 Å². The molecule has 6 heteroatoms. The number of aliphatic carboxylic acids is 1. The van der Waals surface area contributed by atoms with E-state index in [-0.39, 0.29) is 0 Å². The van der Waals surface area contributed by atoms with E-state index in [1.165, 1.54) is 0 Å². The van der Waals surface area contributed by atoms with Crippen LogP contribution in [0.3, 0.4) is 0 Å². The Labute approximate surface area is 75.5 Å². The Kier molecular flexibility index (Phi) is 3.68. The summed E-state index contributed by atoms with van der Waals surface area (Å²) < 4.78 is 4.69. The Morgan fingerprint density at radius 1 is 1.38 bits per heavy atom. The molecule has 0 rings (SSSR count). The van der Waals surface area contributed by atoms with Crippen molar-refractivity contribution >= 4 is 12.1 Å². The molecule has 1 unspecified atom stereocenters. The van der Waals surface area contributed by atoms with Crippen molar-refractivity contribution in [1.82, 2.24) is 5.32 Å². The van der Waals surface area contributed by atoms with Crippen molar-refractivity contribution < 1.29 is 24.5 Å². The van der Waals surface area contributed by atoms with Crippen molar-refractivity contribution in [3.8, 4) is 0 Å². The van der Waals surface area contributed by atoms with Crippen molar-refractivity contribution in [3.63, 3.8) is 0 Å². The summed E-state index contributed by atoms with van der Waals surface area (Å²) >= 11 is 0. The number of amides is 1. The predicted molar refractivity (Wildman–Crippen MR) is 43.0 cm³/mol. The van der Waals surface area contributed by atoms with Crippen LogP contribution in [0.15, 0.2) is 0 Å². The van der Waals surface area contributed by atoms with Crippen molar-refractivity contribution in [2.24, 2.45) is 0 Å². The van der Waals surface area contributed by atoms with Crippen LogP contribution in [0.5, 0.6) is 0 Å². The van der Waals surface area contributed by atoms with Gasteiger partial charge < -0.3 is 14.9 Å². The third-order valence-corrected chi connectivity index (χ3v) is 0.887. The molecular formula is C7H13NO5. The maximum atomic E-state index is 10.8. The Hall–Kier alpha value is -1.30. The SMILES string of the molecule is CC(C)(C)OC(=O)NC(O)C(=O)O. The third-order valence-electron chi connectivity index (χ3n) is 0.887. The molecule has 1 amide bonds. The first-order chi connectivity index (χ1) is 5.72. The lowest BCUT2D eigenvalue weighted by molar-refractivity contribution is -0.148. The van der Waals surface area contributed by atoms with Crippen LogP contribution in [0.25, 0.3) is 0 Å². The van der Waals surface area contributed by atoms with Crippen molar-refractivity contribution in [3.05, 3.63) is 0 Å². The van der Waals surface area contributed by atoms with Gasteiger partial charge in [-0.25, -0.2) is 9.59 Å². The first-order valence-corrected chi connectivity index (χ1v) is 3.63. The van der Waals surface area contributed by atoms with Crippen LogP contribution in [0.1, 0.15) is 20.8 Å². The van der Waals surface area contributed by atoms with Gasteiger partial charge in [-0.05, 0) is 20.8 Å². The monoisotopic (exact) mass is 191 g/mol. The van der Waals surface area contributed by atoms with Crippen molar-refractivity contribution in [1.29, 1.82) is 0 Å². The van der Waals surface area contributed by atoms with Crippen LogP contribution in [0.2, 0.25) is 0 Å². The molecule has 1 atom stereocenters. The van der Waals surface area contributed by atoms with E-state index >= 15 is 0 Å². The molecular weight excluding hydrogens is 178 g/mol. The maximum absolute atomic E-state index is 10.8. The summed E-state index contributed by atoms with van der Waals surface area (Å²) in [6.45, 7) is 4.87. The molecule has 0 saturated carbocycles. The highest BCUT2D eigenvalue weighted by Crippen LogP contribution is 2.06. The lowest BCUT2D eigenvalue weighted by Gasteiger charge is -2.20. The lowest BCUT2D eigenvalue weighted by atomic mass is 10.2. The van der Waals surface area contributed by atoms with Crippen LogP contribution < -0.4 is 5.32 Å². The normalized spacial score (nSPS) is 13.2. The molecule has 0 aromatic rings. The molecule has 0 radical (unpaired) electrons. The molecule has 0 aliphatic heterocycles. The topological polar surface area (TPSA) is 95.9 Å². The van der Waals surface area contributed by atoms with E-state index in [1.807, 2.05) is 0 Å². The predicted octanol–water partition coefficient (Wildman–Crippen LogP) is -0.0859. The summed E-state index contributed by atoms with van der Waals surface area (Å²) in [5.41, 5.74) is -0.720. The number of hydrogen-bond acceptors (Lipinski definition) is 4. The number of carbonyl (C=O) groups is 2. The summed E-state index contributed by atoms with van der Waals surface area (Å²) in [5.74, 6) is -1.54. The summed E-state index contributed by atoms with van der Waals surface area (Å²) in [4.78, 5) is 20.9. The van der Waals surface area contributed by atoms with Gasteiger partial charge in [0.1, 0.15) is 5.60 Å². The fourth-order valence-corrected chi connectivity index (χ4v) is 0.481. The van der Waals surface area contributed by atoms with E-state index in [0.717, 1.165) is 0 Å². The van der Waals surface area contributed by atoms with Crippen LogP contribution in [0, 0.1) is 0 Å². The zero-order valence-electron chi connectivity index (χ0n) is 7.70. The third kappa shape index (κ3) is 5.92. The molecule has 13 heavy (non-hydrogen) atoms. The fraction of sp³-hybridized carbons (Fsp3) is 0.714. The molecule has 6 nitrogen and oxygen atoms in total. The second kappa shape index (κ2) is 4.08. The molecule has 0 spiro atoms. The smallest absolute Gasteiger partial charge is 0.410 e.